The van der Waals surface area contributed by atoms with Gasteiger partial charge >= 0.3 is 0 Å². The highest BCUT2D eigenvalue weighted by molar-refractivity contribution is 5.93. The minimum absolute atomic E-state index is 0.203. The van der Waals surface area contributed by atoms with E-state index in [1.54, 1.807) is 6.92 Å². The molecule has 0 aliphatic rings. The fourth-order valence-electron chi connectivity index (χ4n) is 1.88. The van der Waals surface area contributed by atoms with Crippen LogP contribution in [-0.2, 0) is 6.54 Å². The molecule has 124 valence electrons. The first-order valence-corrected chi connectivity index (χ1v) is 7.38. The van der Waals surface area contributed by atoms with Gasteiger partial charge in [-0.25, -0.2) is 4.99 Å². The number of ether oxygens (including phenoxy) is 2. The van der Waals surface area contributed by atoms with Crippen LogP contribution in [0.25, 0.3) is 0 Å². The Labute approximate surface area is 134 Å². The van der Waals surface area contributed by atoms with Gasteiger partial charge in [-0.05, 0) is 32.9 Å². The van der Waals surface area contributed by atoms with Crippen molar-refractivity contribution in [2.75, 3.05) is 18.5 Å². The van der Waals surface area contributed by atoms with Gasteiger partial charge in [-0.3, -0.25) is 0 Å². The van der Waals surface area contributed by atoms with Crippen molar-refractivity contribution in [1.29, 1.82) is 0 Å². The van der Waals surface area contributed by atoms with E-state index < -0.39 is 0 Å². The smallest absolute Gasteiger partial charge is 0.248 e. The summed E-state index contributed by atoms with van der Waals surface area (Å²) in [6.07, 6.45) is 0. The highest BCUT2D eigenvalue weighted by atomic mass is 16.5. The number of nitrogens with one attached hydrogen (secondary N) is 1. The van der Waals surface area contributed by atoms with E-state index in [-0.39, 0.29) is 12.5 Å². The Bertz CT molecular complexity index is 669. The summed E-state index contributed by atoms with van der Waals surface area (Å²) < 4.78 is 16.0. The Balaban J connectivity index is 2.10. The molecule has 0 fully saturated rings. The van der Waals surface area contributed by atoms with Gasteiger partial charge in [0.2, 0.25) is 5.89 Å². The first-order chi connectivity index (χ1) is 11.1. The number of nitrogens with two attached hydrogens (primary N) is 1. The Morgan fingerprint density at radius 3 is 2.74 bits per heavy atom. The van der Waals surface area contributed by atoms with Gasteiger partial charge in [0.25, 0.3) is 0 Å². The summed E-state index contributed by atoms with van der Waals surface area (Å²) in [5.41, 5.74) is 6.58. The minimum Gasteiger partial charge on any atom is -0.494 e. The lowest BCUT2D eigenvalue weighted by Crippen LogP contribution is -2.23. The van der Waals surface area contributed by atoms with Crippen molar-refractivity contribution in [3.63, 3.8) is 0 Å². The number of hydrogen-bond donors (Lipinski definition) is 2. The molecule has 0 bridgehead atoms. The predicted molar refractivity (Wildman–Crippen MR) is 86.8 cm³/mol. The van der Waals surface area contributed by atoms with Gasteiger partial charge in [0.15, 0.2) is 11.8 Å². The number of benzene rings is 1. The highest BCUT2D eigenvalue weighted by Gasteiger charge is 2.08. The van der Waals surface area contributed by atoms with Gasteiger partial charge in [0.05, 0.1) is 18.9 Å². The van der Waals surface area contributed by atoms with Crippen LogP contribution >= 0.6 is 0 Å². The molecular formula is C15H21N5O3. The van der Waals surface area contributed by atoms with Crippen LogP contribution in [0.2, 0.25) is 0 Å². The van der Waals surface area contributed by atoms with E-state index in [1.807, 2.05) is 32.0 Å². The number of aromatic nitrogens is 2. The van der Waals surface area contributed by atoms with Crippen LogP contribution in [0, 0.1) is 6.92 Å². The van der Waals surface area contributed by atoms with Gasteiger partial charge < -0.3 is 25.0 Å². The molecule has 0 amide bonds. The van der Waals surface area contributed by atoms with Crippen LogP contribution in [0.3, 0.4) is 0 Å². The van der Waals surface area contributed by atoms with Crippen molar-refractivity contribution in [3.8, 4) is 11.5 Å². The summed E-state index contributed by atoms with van der Waals surface area (Å²) in [4.78, 5) is 8.23. The molecule has 0 spiro atoms. The molecule has 3 N–H and O–H groups in total. The number of guanidine groups is 1. The molecule has 1 heterocycles. The monoisotopic (exact) mass is 319 g/mol. The van der Waals surface area contributed by atoms with Gasteiger partial charge in [-0.2, -0.15) is 4.98 Å². The van der Waals surface area contributed by atoms with Crippen LogP contribution in [0.1, 0.15) is 25.6 Å². The summed E-state index contributed by atoms with van der Waals surface area (Å²) in [6.45, 7) is 6.90. The van der Waals surface area contributed by atoms with Gasteiger partial charge in [-0.15, -0.1) is 0 Å². The molecule has 0 saturated heterocycles. The molecule has 2 aromatic rings. The largest absolute Gasteiger partial charge is 0.494 e. The first-order valence-electron chi connectivity index (χ1n) is 7.38. The Morgan fingerprint density at radius 2 is 2.09 bits per heavy atom. The zero-order valence-corrected chi connectivity index (χ0v) is 13.5. The number of aliphatic imine (C=N–C) groups is 1. The molecule has 1 aromatic heterocycles. The number of anilines is 1. The maximum Gasteiger partial charge on any atom is 0.248 e. The molecule has 0 aliphatic heterocycles. The molecule has 0 radical (unpaired) electrons. The number of nitrogens with zero attached hydrogens (tertiary/aromatic N) is 3. The quantitative estimate of drug-likeness (QED) is 0.594. The lowest BCUT2D eigenvalue weighted by Gasteiger charge is -2.13. The minimum atomic E-state index is 0.203. The van der Waals surface area contributed by atoms with Crippen molar-refractivity contribution >= 4 is 11.6 Å². The molecule has 23 heavy (non-hydrogen) atoms. The molecular weight excluding hydrogens is 298 g/mol. The third-order valence-corrected chi connectivity index (χ3v) is 2.78. The van der Waals surface area contributed by atoms with Crippen LogP contribution in [-0.4, -0.2) is 29.3 Å². The Hall–Kier alpha value is -2.77. The maximum atomic E-state index is 5.90. The number of hydrogen-bond acceptors (Lipinski definition) is 6. The summed E-state index contributed by atoms with van der Waals surface area (Å²) in [5, 5.41) is 6.70. The molecule has 0 unspecified atom stereocenters. The average Bonchev–Trinajstić information content (AvgIpc) is 2.94. The first kappa shape index (κ1) is 16.6. The fraction of sp³-hybridized carbons (Fsp3) is 0.400. The molecule has 8 heteroatoms. The van der Waals surface area contributed by atoms with Crippen molar-refractivity contribution < 1.29 is 14.0 Å². The standard InChI is InChI=1S/C15H21N5O3/c1-4-21-11-6-7-13(22-5-2)12(8-11)19-15(16)17-9-14-18-10(3)20-23-14/h6-8H,4-5,9H2,1-3H3,(H3,16,17,19). The predicted octanol–water partition coefficient (Wildman–Crippen LogP) is 2.10. The van der Waals surface area contributed by atoms with E-state index in [2.05, 4.69) is 20.4 Å². The topological polar surface area (TPSA) is 108 Å². The SMILES string of the molecule is CCOc1ccc(OCC)c(NC(N)=NCc2nc(C)no2)c1. The molecule has 0 aliphatic carbocycles. The number of rotatable bonds is 7. The van der Waals surface area contributed by atoms with Crippen LogP contribution in [0.5, 0.6) is 11.5 Å². The molecule has 0 saturated carbocycles. The summed E-state index contributed by atoms with van der Waals surface area (Å²) in [7, 11) is 0. The third kappa shape index (κ3) is 4.87. The van der Waals surface area contributed by atoms with E-state index in [9.17, 15) is 0 Å². The zero-order valence-electron chi connectivity index (χ0n) is 13.5. The van der Waals surface area contributed by atoms with Crippen LogP contribution in [0.15, 0.2) is 27.7 Å². The summed E-state index contributed by atoms with van der Waals surface area (Å²) in [5.74, 6) is 2.57. The van der Waals surface area contributed by atoms with Gasteiger partial charge in [-0.1, -0.05) is 5.16 Å². The van der Waals surface area contributed by atoms with Crippen LogP contribution in [0.4, 0.5) is 5.69 Å². The average molecular weight is 319 g/mol. The fourth-order valence-corrected chi connectivity index (χ4v) is 1.88. The Kier molecular flexibility index (Phi) is 5.79. The lowest BCUT2D eigenvalue weighted by atomic mass is 10.2. The highest BCUT2D eigenvalue weighted by Crippen LogP contribution is 2.29. The van der Waals surface area contributed by atoms with Gasteiger partial charge in [0, 0.05) is 6.07 Å². The maximum absolute atomic E-state index is 5.90. The van der Waals surface area contributed by atoms with Gasteiger partial charge in [0.1, 0.15) is 18.0 Å². The van der Waals surface area contributed by atoms with E-state index in [4.69, 9.17) is 19.7 Å². The second-order valence-electron chi connectivity index (χ2n) is 4.59. The zero-order chi connectivity index (χ0) is 16.7. The Morgan fingerprint density at radius 1 is 1.30 bits per heavy atom. The summed E-state index contributed by atoms with van der Waals surface area (Å²) >= 11 is 0. The van der Waals surface area contributed by atoms with Crippen LogP contribution < -0.4 is 20.5 Å². The van der Waals surface area contributed by atoms with E-state index >= 15 is 0 Å². The molecule has 0 atom stereocenters. The third-order valence-electron chi connectivity index (χ3n) is 2.78. The van der Waals surface area contributed by atoms with E-state index in [0.29, 0.717) is 36.4 Å². The van der Waals surface area contributed by atoms with Crippen molar-refractivity contribution in [1.82, 2.24) is 10.1 Å². The molecule has 8 nitrogen and oxygen atoms in total. The normalized spacial score (nSPS) is 11.3. The number of aryl methyl sites for hydroxylation is 1. The molecule has 1 aromatic carbocycles. The van der Waals surface area contributed by atoms with Crippen molar-refractivity contribution in [2.24, 2.45) is 10.7 Å². The second kappa shape index (κ2) is 8.02. The summed E-state index contributed by atoms with van der Waals surface area (Å²) in [6, 6.07) is 5.48. The van der Waals surface area contributed by atoms with E-state index in [1.165, 1.54) is 0 Å². The lowest BCUT2D eigenvalue weighted by molar-refractivity contribution is 0.332. The van der Waals surface area contributed by atoms with E-state index in [0.717, 1.165) is 5.75 Å². The van der Waals surface area contributed by atoms with Crippen molar-refractivity contribution in [2.45, 2.75) is 27.3 Å². The molecule has 2 rings (SSSR count). The van der Waals surface area contributed by atoms with Crippen molar-refractivity contribution in [3.05, 3.63) is 29.9 Å². The second-order valence-corrected chi connectivity index (χ2v) is 4.59.